The lowest BCUT2D eigenvalue weighted by molar-refractivity contribution is 0.0526. The highest BCUT2D eigenvalue weighted by Crippen LogP contribution is 2.13. The summed E-state index contributed by atoms with van der Waals surface area (Å²) in [6.45, 7) is 8.00. The summed E-state index contributed by atoms with van der Waals surface area (Å²) in [5.41, 5.74) is 2.90. The number of carbonyl (C=O) groups is 1. The zero-order valence-electron chi connectivity index (χ0n) is 9.95. The summed E-state index contributed by atoms with van der Waals surface area (Å²) in [5.74, 6) is -0.247. The molecule has 2 nitrogen and oxygen atoms in total. The summed E-state index contributed by atoms with van der Waals surface area (Å²) >= 11 is 0. The minimum Gasteiger partial charge on any atom is -0.462 e. The fraction of sp³-hybridized carbons (Fsp3) is 0.357. The second kappa shape index (κ2) is 6.11. The first-order valence-corrected chi connectivity index (χ1v) is 5.62. The maximum absolute atomic E-state index is 11.6. The second-order valence-corrected chi connectivity index (χ2v) is 3.61. The monoisotopic (exact) mass is 218 g/mol. The number of hydrogen-bond donors (Lipinski definition) is 0. The van der Waals surface area contributed by atoms with E-state index in [2.05, 4.69) is 19.6 Å². The Kier molecular flexibility index (Phi) is 4.77. The number of aryl methyl sites for hydroxylation is 1. The largest absolute Gasteiger partial charge is 0.462 e. The molecule has 0 aromatic heterocycles. The molecule has 0 radical (unpaired) electrons. The van der Waals surface area contributed by atoms with Crippen molar-refractivity contribution in [3.8, 4) is 0 Å². The van der Waals surface area contributed by atoms with Crippen LogP contribution in [0, 0.1) is 0 Å². The lowest BCUT2D eigenvalue weighted by atomic mass is 10.0. The molecule has 0 fully saturated rings. The van der Waals surface area contributed by atoms with Crippen LogP contribution >= 0.6 is 0 Å². The number of ether oxygens (including phenoxy) is 1. The van der Waals surface area contributed by atoms with Gasteiger partial charge in [-0.3, -0.25) is 0 Å². The molecule has 16 heavy (non-hydrogen) atoms. The Morgan fingerprint density at radius 2 is 2.00 bits per heavy atom. The smallest absolute Gasteiger partial charge is 0.338 e. The number of carbonyl (C=O) groups excluding carboxylic acids is 1. The van der Waals surface area contributed by atoms with Crippen LogP contribution in [-0.4, -0.2) is 12.6 Å². The summed E-state index contributed by atoms with van der Waals surface area (Å²) in [4.78, 5) is 11.6. The molecule has 0 bridgehead atoms. The molecule has 1 aromatic carbocycles. The van der Waals surface area contributed by atoms with Gasteiger partial charge in [0.25, 0.3) is 0 Å². The quantitative estimate of drug-likeness (QED) is 0.560. The molecule has 0 aliphatic heterocycles. The van der Waals surface area contributed by atoms with Gasteiger partial charge in [-0.2, -0.15) is 0 Å². The minimum atomic E-state index is -0.247. The number of hydrogen-bond acceptors (Lipinski definition) is 2. The van der Waals surface area contributed by atoms with E-state index in [1.807, 2.05) is 25.1 Å². The van der Waals surface area contributed by atoms with E-state index in [4.69, 9.17) is 4.74 Å². The van der Waals surface area contributed by atoms with Gasteiger partial charge >= 0.3 is 5.97 Å². The van der Waals surface area contributed by atoms with E-state index in [1.165, 1.54) is 0 Å². The molecule has 0 saturated heterocycles. The Morgan fingerprint density at radius 1 is 1.31 bits per heavy atom. The fourth-order valence-electron chi connectivity index (χ4n) is 1.58. The summed E-state index contributed by atoms with van der Waals surface area (Å²) in [6, 6.07) is 5.87. The van der Waals surface area contributed by atoms with Crippen LogP contribution in [0.15, 0.2) is 30.9 Å². The van der Waals surface area contributed by atoms with Crippen molar-refractivity contribution in [2.45, 2.75) is 26.7 Å². The number of esters is 1. The van der Waals surface area contributed by atoms with Gasteiger partial charge < -0.3 is 4.74 Å². The van der Waals surface area contributed by atoms with Crippen molar-refractivity contribution in [1.29, 1.82) is 0 Å². The standard InChI is InChI=1S/C14H18O2/c1-4-7-12-8-11(5-2)9-13(10-12)14(15)16-6-3/h4,8-10H,1,5-7H2,2-3H3. The number of allylic oxidation sites excluding steroid dienone is 1. The molecule has 1 rings (SSSR count). The maximum Gasteiger partial charge on any atom is 0.338 e. The first-order valence-electron chi connectivity index (χ1n) is 5.62. The molecule has 0 spiro atoms. The highest BCUT2D eigenvalue weighted by molar-refractivity contribution is 5.89. The molecule has 0 heterocycles. The van der Waals surface area contributed by atoms with E-state index >= 15 is 0 Å². The van der Waals surface area contributed by atoms with E-state index in [9.17, 15) is 4.79 Å². The first kappa shape index (κ1) is 12.5. The molecule has 0 atom stereocenters. The molecule has 86 valence electrons. The van der Waals surface area contributed by atoms with E-state index in [1.54, 1.807) is 0 Å². The van der Waals surface area contributed by atoms with E-state index in [0.717, 1.165) is 24.0 Å². The molecule has 0 amide bonds. The molecule has 1 aromatic rings. The summed E-state index contributed by atoms with van der Waals surface area (Å²) in [6.07, 6.45) is 3.53. The van der Waals surface area contributed by atoms with Crippen LogP contribution in [0.1, 0.15) is 35.3 Å². The molecule has 0 saturated carbocycles. The van der Waals surface area contributed by atoms with Crippen LogP contribution in [0.5, 0.6) is 0 Å². The number of benzene rings is 1. The van der Waals surface area contributed by atoms with Gasteiger partial charge in [-0.25, -0.2) is 4.79 Å². The molecular formula is C14H18O2. The lowest BCUT2D eigenvalue weighted by Gasteiger charge is -2.07. The third-order valence-electron chi connectivity index (χ3n) is 2.35. The summed E-state index contributed by atoms with van der Waals surface area (Å²) in [5, 5.41) is 0. The lowest BCUT2D eigenvalue weighted by Crippen LogP contribution is -2.06. The van der Waals surface area contributed by atoms with Gasteiger partial charge in [-0.1, -0.05) is 19.1 Å². The van der Waals surface area contributed by atoms with Gasteiger partial charge in [0, 0.05) is 0 Å². The van der Waals surface area contributed by atoms with Gasteiger partial charge in [-0.15, -0.1) is 6.58 Å². The maximum atomic E-state index is 11.6. The Hall–Kier alpha value is -1.57. The SMILES string of the molecule is C=CCc1cc(CC)cc(C(=O)OCC)c1. The zero-order chi connectivity index (χ0) is 12.0. The molecular weight excluding hydrogens is 200 g/mol. The molecule has 0 unspecified atom stereocenters. The first-order chi connectivity index (χ1) is 7.71. The van der Waals surface area contributed by atoms with Crippen LogP contribution in [-0.2, 0) is 17.6 Å². The molecule has 0 aliphatic rings. The van der Waals surface area contributed by atoms with Crippen molar-refractivity contribution >= 4 is 5.97 Å². The Balaban J connectivity index is 3.03. The van der Waals surface area contributed by atoms with Gasteiger partial charge in [0.2, 0.25) is 0 Å². The second-order valence-electron chi connectivity index (χ2n) is 3.61. The average Bonchev–Trinajstić information content (AvgIpc) is 2.29. The van der Waals surface area contributed by atoms with Gasteiger partial charge in [0.15, 0.2) is 0 Å². The number of rotatable bonds is 5. The van der Waals surface area contributed by atoms with Gasteiger partial charge in [0.1, 0.15) is 0 Å². The predicted octanol–water partition coefficient (Wildman–Crippen LogP) is 3.15. The zero-order valence-corrected chi connectivity index (χ0v) is 9.95. The highest BCUT2D eigenvalue weighted by Gasteiger charge is 2.08. The Bertz CT molecular complexity index is 380. The van der Waals surface area contributed by atoms with E-state index in [0.29, 0.717) is 12.2 Å². The van der Waals surface area contributed by atoms with Crippen LogP contribution in [0.25, 0.3) is 0 Å². The van der Waals surface area contributed by atoms with Crippen LogP contribution in [0.3, 0.4) is 0 Å². The van der Waals surface area contributed by atoms with Crippen molar-refractivity contribution in [2.75, 3.05) is 6.61 Å². The van der Waals surface area contributed by atoms with Crippen molar-refractivity contribution in [3.63, 3.8) is 0 Å². The van der Waals surface area contributed by atoms with E-state index in [-0.39, 0.29) is 5.97 Å². The van der Waals surface area contributed by atoms with Crippen LogP contribution < -0.4 is 0 Å². The summed E-state index contributed by atoms with van der Waals surface area (Å²) < 4.78 is 5.00. The topological polar surface area (TPSA) is 26.3 Å². The van der Waals surface area contributed by atoms with Crippen LogP contribution in [0.2, 0.25) is 0 Å². The Morgan fingerprint density at radius 3 is 2.56 bits per heavy atom. The van der Waals surface area contributed by atoms with Crippen molar-refractivity contribution < 1.29 is 9.53 Å². The van der Waals surface area contributed by atoms with Crippen molar-refractivity contribution in [3.05, 3.63) is 47.5 Å². The van der Waals surface area contributed by atoms with Crippen molar-refractivity contribution in [2.24, 2.45) is 0 Å². The minimum absolute atomic E-state index is 0.247. The van der Waals surface area contributed by atoms with E-state index < -0.39 is 0 Å². The van der Waals surface area contributed by atoms with Gasteiger partial charge in [-0.05, 0) is 43.0 Å². The normalized spacial score (nSPS) is 9.88. The highest BCUT2D eigenvalue weighted by atomic mass is 16.5. The summed E-state index contributed by atoms with van der Waals surface area (Å²) in [7, 11) is 0. The van der Waals surface area contributed by atoms with Gasteiger partial charge in [0.05, 0.1) is 12.2 Å². The predicted molar refractivity (Wildman–Crippen MR) is 65.7 cm³/mol. The average molecular weight is 218 g/mol. The van der Waals surface area contributed by atoms with Crippen molar-refractivity contribution in [1.82, 2.24) is 0 Å². The molecule has 0 aliphatic carbocycles. The third kappa shape index (κ3) is 3.23. The van der Waals surface area contributed by atoms with Crippen LogP contribution in [0.4, 0.5) is 0 Å². The third-order valence-corrected chi connectivity index (χ3v) is 2.35. The Labute approximate surface area is 96.9 Å². The molecule has 0 N–H and O–H groups in total. The fourth-order valence-corrected chi connectivity index (χ4v) is 1.58. The molecule has 2 heteroatoms.